The monoisotopic (exact) mass is 404 g/mol. The molecule has 2 rings (SSSR count). The molecule has 158 valence electrons. The highest BCUT2D eigenvalue weighted by molar-refractivity contribution is 8.00. The van der Waals surface area contributed by atoms with Gasteiger partial charge in [-0.2, -0.15) is 0 Å². The Morgan fingerprint density at radius 1 is 0.964 bits per heavy atom. The molecule has 3 nitrogen and oxygen atoms in total. The molecule has 1 saturated heterocycles. The zero-order chi connectivity index (χ0) is 20.1. The third-order valence-electron chi connectivity index (χ3n) is 5.87. The quantitative estimate of drug-likeness (QED) is 0.346. The lowest BCUT2D eigenvalue weighted by atomic mass is 9.97. The Morgan fingerprint density at radius 3 is 2.00 bits per heavy atom. The maximum Gasteiger partial charge on any atom is 0.235 e. The number of amides is 1. The first-order valence-electron chi connectivity index (χ1n) is 11.4. The Balaban J connectivity index is 1.63. The van der Waals surface area contributed by atoms with Crippen molar-refractivity contribution >= 4 is 17.7 Å². The van der Waals surface area contributed by atoms with E-state index in [2.05, 4.69) is 36.5 Å². The van der Waals surface area contributed by atoms with Crippen molar-refractivity contribution in [3.8, 4) is 0 Å². The number of carbonyl (C=O) groups is 1. The average Bonchev–Trinajstić information content (AvgIpc) is 3.15. The molecule has 28 heavy (non-hydrogen) atoms. The van der Waals surface area contributed by atoms with E-state index in [1.165, 1.54) is 82.6 Å². The summed E-state index contributed by atoms with van der Waals surface area (Å²) in [5.74, 6) is 0.530. The number of unbranched alkanes of at least 4 members (excludes halogenated alkanes) is 11. The van der Waals surface area contributed by atoms with Crippen molar-refractivity contribution in [3.63, 3.8) is 0 Å². The Bertz CT molecular complexity index is 551. The largest absolute Gasteiger partial charge is 0.368 e. The van der Waals surface area contributed by atoms with Crippen LogP contribution in [0, 0.1) is 0 Å². The number of hydrogen-bond acceptors (Lipinski definition) is 3. The van der Waals surface area contributed by atoms with Crippen LogP contribution in [0.4, 0.5) is 0 Å². The van der Waals surface area contributed by atoms with Crippen molar-refractivity contribution in [1.29, 1.82) is 0 Å². The molecule has 0 radical (unpaired) electrons. The zero-order valence-corrected chi connectivity index (χ0v) is 18.6. The van der Waals surface area contributed by atoms with E-state index in [1.807, 2.05) is 17.8 Å². The molecule has 2 unspecified atom stereocenters. The molecule has 1 heterocycles. The second-order valence-electron chi connectivity index (χ2n) is 8.24. The number of hydrogen-bond donors (Lipinski definition) is 2. The van der Waals surface area contributed by atoms with Gasteiger partial charge in [0, 0.05) is 5.75 Å². The summed E-state index contributed by atoms with van der Waals surface area (Å²) < 4.78 is 0. The van der Waals surface area contributed by atoms with E-state index < -0.39 is 0 Å². The third kappa shape index (κ3) is 7.79. The first kappa shape index (κ1) is 23.3. The van der Waals surface area contributed by atoms with E-state index in [4.69, 9.17) is 5.73 Å². The molecule has 1 aliphatic heterocycles. The van der Waals surface area contributed by atoms with Crippen LogP contribution in [0.25, 0.3) is 0 Å². The summed E-state index contributed by atoms with van der Waals surface area (Å²) >= 11 is 1.85. The van der Waals surface area contributed by atoms with Crippen molar-refractivity contribution in [2.24, 2.45) is 5.73 Å². The predicted molar refractivity (Wildman–Crippen MR) is 122 cm³/mol. The number of primary amides is 1. The van der Waals surface area contributed by atoms with Gasteiger partial charge in [-0.1, -0.05) is 114 Å². The predicted octanol–water partition coefficient (Wildman–Crippen LogP) is 6.12. The van der Waals surface area contributed by atoms with Gasteiger partial charge >= 0.3 is 0 Å². The fraction of sp³-hybridized carbons (Fsp3) is 0.708. The van der Waals surface area contributed by atoms with E-state index in [0.717, 1.165) is 12.2 Å². The van der Waals surface area contributed by atoms with Gasteiger partial charge in [-0.15, -0.1) is 11.8 Å². The normalized spacial score (nSPS) is 21.8. The van der Waals surface area contributed by atoms with Crippen molar-refractivity contribution in [2.75, 3.05) is 5.75 Å². The molecule has 0 aromatic heterocycles. The smallest absolute Gasteiger partial charge is 0.235 e. The number of benzene rings is 1. The number of carbonyl (C=O) groups excluding carboxylic acids is 1. The molecule has 1 aromatic carbocycles. The number of nitrogens with one attached hydrogen (secondary N) is 1. The molecule has 1 fully saturated rings. The van der Waals surface area contributed by atoms with Crippen molar-refractivity contribution in [1.82, 2.24) is 5.32 Å². The molecule has 2 atom stereocenters. The minimum absolute atomic E-state index is 0.153. The molecule has 0 spiro atoms. The maximum atomic E-state index is 11.6. The van der Waals surface area contributed by atoms with Crippen molar-refractivity contribution in [3.05, 3.63) is 35.9 Å². The lowest BCUT2D eigenvalue weighted by Crippen LogP contribution is -2.46. The van der Waals surface area contributed by atoms with Crippen LogP contribution < -0.4 is 11.1 Å². The highest BCUT2D eigenvalue weighted by Gasteiger charge is 2.42. The molecule has 4 heteroatoms. The summed E-state index contributed by atoms with van der Waals surface area (Å²) in [4.78, 5) is 11.5. The lowest BCUT2D eigenvalue weighted by molar-refractivity contribution is -0.119. The molecule has 0 saturated carbocycles. The van der Waals surface area contributed by atoms with Gasteiger partial charge in [0.05, 0.1) is 10.9 Å². The van der Waals surface area contributed by atoms with E-state index in [0.29, 0.717) is 0 Å². The van der Waals surface area contributed by atoms with Crippen LogP contribution in [0.1, 0.15) is 96.0 Å². The number of thioether (sulfide) groups is 1. The van der Waals surface area contributed by atoms with Crippen LogP contribution in [-0.2, 0) is 9.67 Å². The molecular weight excluding hydrogens is 364 g/mol. The second-order valence-corrected chi connectivity index (χ2v) is 9.56. The van der Waals surface area contributed by atoms with E-state index in [-0.39, 0.29) is 16.8 Å². The summed E-state index contributed by atoms with van der Waals surface area (Å²) in [6.45, 7) is 2.28. The highest BCUT2D eigenvalue weighted by atomic mass is 32.2. The average molecular weight is 405 g/mol. The van der Waals surface area contributed by atoms with Gasteiger partial charge in [0.2, 0.25) is 5.91 Å². The summed E-state index contributed by atoms with van der Waals surface area (Å²) in [7, 11) is 0. The first-order chi connectivity index (χ1) is 13.7. The van der Waals surface area contributed by atoms with Gasteiger partial charge in [-0.25, -0.2) is 0 Å². The molecule has 1 amide bonds. The van der Waals surface area contributed by atoms with Crippen molar-refractivity contribution < 1.29 is 4.79 Å². The zero-order valence-electron chi connectivity index (χ0n) is 17.8. The standard InChI is InChI=1S/C24H40N2OS/c1-2-3-4-5-6-7-8-9-10-11-12-16-19-24(21-17-14-13-15-18-21)26-22(20-28-24)23(25)27/h13-15,17-18,22,26H,2-12,16,19-20H2,1H3,(H2,25,27). The summed E-state index contributed by atoms with van der Waals surface area (Å²) in [5, 5.41) is 3.55. The topological polar surface area (TPSA) is 55.1 Å². The minimum Gasteiger partial charge on any atom is -0.368 e. The van der Waals surface area contributed by atoms with E-state index >= 15 is 0 Å². The Labute approximate surface area is 176 Å². The van der Waals surface area contributed by atoms with Crippen LogP contribution in [0.3, 0.4) is 0 Å². The Kier molecular flexibility index (Phi) is 11.0. The van der Waals surface area contributed by atoms with Gasteiger partial charge in [-0.05, 0) is 12.0 Å². The lowest BCUT2D eigenvalue weighted by Gasteiger charge is -2.30. The van der Waals surface area contributed by atoms with Gasteiger partial charge < -0.3 is 5.73 Å². The van der Waals surface area contributed by atoms with Gasteiger partial charge in [-0.3, -0.25) is 10.1 Å². The molecular formula is C24H40N2OS. The Morgan fingerprint density at radius 2 is 1.50 bits per heavy atom. The van der Waals surface area contributed by atoms with Crippen LogP contribution in [0.15, 0.2) is 30.3 Å². The molecule has 3 N–H and O–H groups in total. The van der Waals surface area contributed by atoms with Crippen LogP contribution in [-0.4, -0.2) is 17.7 Å². The summed E-state index contributed by atoms with van der Waals surface area (Å²) in [6, 6.07) is 10.3. The second kappa shape index (κ2) is 13.3. The number of nitrogens with two attached hydrogens (primary N) is 1. The highest BCUT2D eigenvalue weighted by Crippen LogP contribution is 2.43. The van der Waals surface area contributed by atoms with Crippen LogP contribution >= 0.6 is 11.8 Å². The number of rotatable bonds is 15. The molecule has 1 aliphatic rings. The summed E-state index contributed by atoms with van der Waals surface area (Å²) in [5.41, 5.74) is 6.82. The SMILES string of the molecule is CCCCCCCCCCCCCCC1(c2ccccc2)NC(C(N)=O)CS1. The molecule has 1 aromatic rings. The van der Waals surface area contributed by atoms with Gasteiger partial charge in [0.25, 0.3) is 0 Å². The maximum absolute atomic E-state index is 11.6. The van der Waals surface area contributed by atoms with E-state index in [9.17, 15) is 4.79 Å². The summed E-state index contributed by atoms with van der Waals surface area (Å²) in [6.07, 6.45) is 17.4. The first-order valence-corrected chi connectivity index (χ1v) is 12.4. The van der Waals surface area contributed by atoms with Crippen LogP contribution in [0.2, 0.25) is 0 Å². The molecule has 0 bridgehead atoms. The van der Waals surface area contributed by atoms with Gasteiger partial charge in [0.15, 0.2) is 0 Å². The van der Waals surface area contributed by atoms with Crippen LogP contribution in [0.5, 0.6) is 0 Å². The Hall–Kier alpha value is -1.00. The minimum atomic E-state index is -0.236. The fourth-order valence-electron chi connectivity index (χ4n) is 4.12. The fourth-order valence-corrected chi connectivity index (χ4v) is 5.64. The van der Waals surface area contributed by atoms with Gasteiger partial charge in [0.1, 0.15) is 0 Å². The third-order valence-corrected chi connectivity index (χ3v) is 7.42. The van der Waals surface area contributed by atoms with E-state index in [1.54, 1.807) is 0 Å². The molecule has 0 aliphatic carbocycles. The van der Waals surface area contributed by atoms with Crippen molar-refractivity contribution in [2.45, 2.75) is 101 Å².